The molecule has 2 heteroatoms. The molecule has 0 saturated carbocycles. The molecule has 2 N–H and O–H groups in total. The van der Waals surface area contributed by atoms with Crippen LogP contribution in [0.4, 0.5) is 0 Å². The third-order valence-corrected chi connectivity index (χ3v) is 1.42. The fourth-order valence-electron chi connectivity index (χ4n) is 0.708. The van der Waals surface area contributed by atoms with Crippen LogP contribution in [0.5, 0.6) is 0 Å². The summed E-state index contributed by atoms with van der Waals surface area (Å²) in [4.78, 5) is 0. The number of nitrogens with one attached hydrogen (secondary N) is 1. The van der Waals surface area contributed by atoms with E-state index in [0.717, 1.165) is 12.8 Å². The third-order valence-electron chi connectivity index (χ3n) is 1.42. The molecule has 0 amide bonds. The van der Waals surface area contributed by atoms with Crippen molar-refractivity contribution in [3.63, 3.8) is 0 Å². The Morgan fingerprint density at radius 1 is 1.67 bits per heavy atom. The van der Waals surface area contributed by atoms with E-state index in [1.807, 2.05) is 0 Å². The van der Waals surface area contributed by atoms with Crippen LogP contribution in [0.3, 0.4) is 0 Å². The highest BCUT2D eigenvalue weighted by Gasteiger charge is 2.00. The van der Waals surface area contributed by atoms with Crippen molar-refractivity contribution < 1.29 is 5.11 Å². The molecule has 0 aliphatic heterocycles. The first-order chi connectivity index (χ1) is 4.35. The second kappa shape index (κ2) is 6.05. The van der Waals surface area contributed by atoms with Gasteiger partial charge in [-0.2, -0.15) is 0 Å². The second-order valence-corrected chi connectivity index (χ2v) is 2.23. The summed E-state index contributed by atoms with van der Waals surface area (Å²) in [6, 6.07) is 0.199. The van der Waals surface area contributed by atoms with E-state index in [4.69, 9.17) is 5.11 Å². The van der Waals surface area contributed by atoms with Gasteiger partial charge in [-0.05, 0) is 6.42 Å². The first-order valence-corrected chi connectivity index (χ1v) is 3.48. The Morgan fingerprint density at radius 2 is 2.33 bits per heavy atom. The average Bonchev–Trinajstić information content (AvgIpc) is 1.91. The Hall–Kier alpha value is -0.0800. The van der Waals surface area contributed by atoms with Gasteiger partial charge in [-0.15, -0.1) is 0 Å². The van der Waals surface area contributed by atoms with Crippen molar-refractivity contribution in [3.8, 4) is 0 Å². The molecule has 1 radical (unpaired) electrons. The number of aliphatic hydroxyl groups is 1. The van der Waals surface area contributed by atoms with E-state index in [0.29, 0.717) is 0 Å². The van der Waals surface area contributed by atoms with Crippen molar-refractivity contribution in [2.24, 2.45) is 0 Å². The first kappa shape index (κ1) is 8.92. The smallest absolute Gasteiger partial charge is 0.0584 e. The summed E-state index contributed by atoms with van der Waals surface area (Å²) >= 11 is 0. The van der Waals surface area contributed by atoms with Gasteiger partial charge in [-0.3, -0.25) is 0 Å². The summed E-state index contributed by atoms with van der Waals surface area (Å²) in [6.45, 7) is 2.33. The zero-order valence-corrected chi connectivity index (χ0v) is 6.06. The van der Waals surface area contributed by atoms with E-state index in [2.05, 4.69) is 19.3 Å². The van der Waals surface area contributed by atoms with Crippen LogP contribution < -0.4 is 5.32 Å². The fourth-order valence-corrected chi connectivity index (χ4v) is 0.708. The third kappa shape index (κ3) is 4.43. The maximum Gasteiger partial charge on any atom is 0.0584 e. The van der Waals surface area contributed by atoms with Gasteiger partial charge >= 0.3 is 0 Å². The lowest BCUT2D eigenvalue weighted by Gasteiger charge is -2.10. The lowest BCUT2D eigenvalue weighted by Crippen LogP contribution is -2.26. The molecule has 0 aromatic carbocycles. The molecule has 0 fully saturated rings. The zero-order valence-electron chi connectivity index (χ0n) is 6.06. The number of hydrogen-bond donors (Lipinski definition) is 2. The summed E-state index contributed by atoms with van der Waals surface area (Å²) in [7, 11) is 3.50. The minimum absolute atomic E-state index is 0.198. The highest BCUT2D eigenvalue weighted by molar-refractivity contribution is 4.63. The molecule has 0 aromatic rings. The fraction of sp³-hybridized carbons (Fsp3) is 0.857. The number of rotatable bonds is 5. The summed E-state index contributed by atoms with van der Waals surface area (Å²) in [5.74, 6) is 0. The molecule has 1 atom stereocenters. The van der Waals surface area contributed by atoms with E-state index in [1.54, 1.807) is 0 Å². The molecular formula is C7H16NO. The normalized spacial score (nSPS) is 13.7. The Morgan fingerprint density at radius 3 is 2.67 bits per heavy atom. The summed E-state index contributed by atoms with van der Waals surface area (Å²) in [5.41, 5.74) is 0. The molecular weight excluding hydrogens is 114 g/mol. The summed E-state index contributed by atoms with van der Waals surface area (Å²) in [5, 5.41) is 11.4. The number of unbranched alkanes of at least 4 members (excludes halogenated alkanes) is 1. The molecule has 0 unspecified atom stereocenters. The van der Waals surface area contributed by atoms with Crippen molar-refractivity contribution in [3.05, 3.63) is 7.05 Å². The molecule has 9 heavy (non-hydrogen) atoms. The van der Waals surface area contributed by atoms with Crippen molar-refractivity contribution in [2.45, 2.75) is 32.2 Å². The molecule has 0 spiro atoms. The highest BCUT2D eigenvalue weighted by Crippen LogP contribution is 1.98. The Labute approximate surface area is 57.3 Å². The van der Waals surface area contributed by atoms with E-state index in [-0.39, 0.29) is 12.6 Å². The molecule has 0 aliphatic rings. The van der Waals surface area contributed by atoms with Gasteiger partial charge in [0.05, 0.1) is 6.61 Å². The molecule has 0 bridgehead atoms. The maximum absolute atomic E-state index is 8.65. The Balaban J connectivity index is 3.09. The molecule has 55 valence electrons. The van der Waals surface area contributed by atoms with Crippen LogP contribution in [-0.2, 0) is 0 Å². The summed E-state index contributed by atoms with van der Waals surface area (Å²) < 4.78 is 0. The van der Waals surface area contributed by atoms with E-state index < -0.39 is 0 Å². The molecule has 0 aliphatic carbocycles. The Bertz CT molecular complexity index is 52.9. The molecule has 0 heterocycles. The molecule has 0 aromatic heterocycles. The second-order valence-electron chi connectivity index (χ2n) is 2.23. The van der Waals surface area contributed by atoms with Crippen LogP contribution in [0.25, 0.3) is 0 Å². The molecule has 0 saturated heterocycles. The zero-order chi connectivity index (χ0) is 7.11. The predicted molar refractivity (Wildman–Crippen MR) is 38.9 cm³/mol. The van der Waals surface area contributed by atoms with Gasteiger partial charge in [-0.1, -0.05) is 19.8 Å². The van der Waals surface area contributed by atoms with Gasteiger partial charge in [0, 0.05) is 13.1 Å². The number of hydrogen-bond acceptors (Lipinski definition) is 2. The average molecular weight is 130 g/mol. The predicted octanol–water partition coefficient (Wildman–Crippen LogP) is 0.919. The van der Waals surface area contributed by atoms with Crippen LogP contribution in [-0.4, -0.2) is 17.8 Å². The van der Waals surface area contributed by atoms with E-state index >= 15 is 0 Å². The SMILES string of the molecule is [CH2]N[C@H](CO)CCCC. The monoisotopic (exact) mass is 130 g/mol. The number of aliphatic hydroxyl groups excluding tert-OH is 1. The van der Waals surface area contributed by atoms with Crippen molar-refractivity contribution in [2.75, 3.05) is 6.61 Å². The van der Waals surface area contributed by atoms with Gasteiger partial charge in [0.25, 0.3) is 0 Å². The van der Waals surface area contributed by atoms with Gasteiger partial charge in [0.15, 0.2) is 0 Å². The maximum atomic E-state index is 8.65. The van der Waals surface area contributed by atoms with Crippen molar-refractivity contribution in [1.29, 1.82) is 0 Å². The first-order valence-electron chi connectivity index (χ1n) is 3.48. The summed E-state index contributed by atoms with van der Waals surface area (Å²) in [6.07, 6.45) is 3.36. The Kier molecular flexibility index (Phi) is 5.99. The van der Waals surface area contributed by atoms with E-state index in [1.165, 1.54) is 6.42 Å². The minimum Gasteiger partial charge on any atom is -0.395 e. The molecule has 2 nitrogen and oxygen atoms in total. The van der Waals surface area contributed by atoms with Crippen molar-refractivity contribution in [1.82, 2.24) is 5.32 Å². The minimum atomic E-state index is 0.198. The largest absolute Gasteiger partial charge is 0.395 e. The van der Waals surface area contributed by atoms with Gasteiger partial charge in [-0.25, -0.2) is 0 Å². The van der Waals surface area contributed by atoms with Crippen molar-refractivity contribution >= 4 is 0 Å². The van der Waals surface area contributed by atoms with Gasteiger partial charge in [0.2, 0.25) is 0 Å². The van der Waals surface area contributed by atoms with Gasteiger partial charge in [0.1, 0.15) is 0 Å². The van der Waals surface area contributed by atoms with Crippen LogP contribution >= 0.6 is 0 Å². The lowest BCUT2D eigenvalue weighted by molar-refractivity contribution is 0.243. The van der Waals surface area contributed by atoms with Crippen LogP contribution in [0.15, 0.2) is 0 Å². The topological polar surface area (TPSA) is 32.3 Å². The highest BCUT2D eigenvalue weighted by atomic mass is 16.3. The quantitative estimate of drug-likeness (QED) is 0.580. The molecule has 0 rings (SSSR count). The van der Waals surface area contributed by atoms with Crippen LogP contribution in [0, 0.1) is 7.05 Å². The standard InChI is InChI=1S/C7H16NO/c1-3-4-5-7(6-9)8-2/h7-9H,2-6H2,1H3/t7-/m0/s1. The van der Waals surface area contributed by atoms with Crippen LogP contribution in [0.1, 0.15) is 26.2 Å². The van der Waals surface area contributed by atoms with E-state index in [9.17, 15) is 0 Å². The van der Waals surface area contributed by atoms with Crippen LogP contribution in [0.2, 0.25) is 0 Å². The van der Waals surface area contributed by atoms with Gasteiger partial charge < -0.3 is 10.4 Å². The lowest BCUT2D eigenvalue weighted by atomic mass is 10.1.